The summed E-state index contributed by atoms with van der Waals surface area (Å²) in [5, 5.41) is 8.51. The third kappa shape index (κ3) is 3.46. The van der Waals surface area contributed by atoms with E-state index in [9.17, 15) is 0 Å². The SMILES string of the molecule is N#CCCCCc1cccc(-c2ccccc2)c1. The van der Waals surface area contributed by atoms with Gasteiger partial charge in [-0.15, -0.1) is 0 Å². The van der Waals surface area contributed by atoms with Crippen molar-refractivity contribution in [2.45, 2.75) is 25.7 Å². The molecule has 0 N–H and O–H groups in total. The highest BCUT2D eigenvalue weighted by Gasteiger charge is 1.98. The first kappa shape index (κ1) is 12.4. The Labute approximate surface area is 109 Å². The zero-order chi connectivity index (χ0) is 12.6. The zero-order valence-electron chi connectivity index (χ0n) is 10.5. The molecule has 0 saturated heterocycles. The van der Waals surface area contributed by atoms with Gasteiger partial charge in [0.25, 0.3) is 0 Å². The standard InChI is InChI=1S/C17H17N/c18-13-6-2-3-8-15-9-7-12-17(14-15)16-10-4-1-5-11-16/h1,4-5,7,9-12,14H,2-3,6,8H2. The summed E-state index contributed by atoms with van der Waals surface area (Å²) in [7, 11) is 0. The molecule has 0 fully saturated rings. The Balaban J connectivity index is 2.04. The quantitative estimate of drug-likeness (QED) is 0.695. The highest BCUT2D eigenvalue weighted by atomic mass is 14.2. The second kappa shape index (κ2) is 6.61. The Morgan fingerprint density at radius 1 is 0.833 bits per heavy atom. The van der Waals surface area contributed by atoms with Gasteiger partial charge >= 0.3 is 0 Å². The summed E-state index contributed by atoms with van der Waals surface area (Å²) in [5.74, 6) is 0. The molecule has 0 radical (unpaired) electrons. The number of hydrogen-bond donors (Lipinski definition) is 0. The molecule has 0 atom stereocenters. The van der Waals surface area contributed by atoms with Crippen LogP contribution >= 0.6 is 0 Å². The van der Waals surface area contributed by atoms with Crippen molar-refractivity contribution in [3.05, 3.63) is 60.2 Å². The van der Waals surface area contributed by atoms with Crippen LogP contribution in [-0.4, -0.2) is 0 Å². The predicted molar refractivity (Wildman–Crippen MR) is 75.0 cm³/mol. The molecular weight excluding hydrogens is 218 g/mol. The van der Waals surface area contributed by atoms with E-state index < -0.39 is 0 Å². The summed E-state index contributed by atoms with van der Waals surface area (Å²) in [5.41, 5.74) is 3.89. The molecule has 0 aromatic heterocycles. The summed E-state index contributed by atoms with van der Waals surface area (Å²) in [4.78, 5) is 0. The number of hydrogen-bond acceptors (Lipinski definition) is 1. The second-order valence-electron chi connectivity index (χ2n) is 4.43. The van der Waals surface area contributed by atoms with Crippen molar-refractivity contribution in [3.63, 3.8) is 0 Å². The fourth-order valence-corrected chi connectivity index (χ4v) is 2.07. The molecule has 0 bridgehead atoms. The lowest BCUT2D eigenvalue weighted by Gasteiger charge is -2.05. The van der Waals surface area contributed by atoms with Gasteiger partial charge in [-0.3, -0.25) is 0 Å². The minimum Gasteiger partial charge on any atom is -0.198 e. The van der Waals surface area contributed by atoms with Crippen LogP contribution in [0.5, 0.6) is 0 Å². The number of nitriles is 1. The molecule has 90 valence electrons. The van der Waals surface area contributed by atoms with Crippen LogP contribution in [0.4, 0.5) is 0 Å². The van der Waals surface area contributed by atoms with Crippen molar-refractivity contribution < 1.29 is 0 Å². The first-order chi connectivity index (χ1) is 8.90. The molecule has 0 unspecified atom stereocenters. The topological polar surface area (TPSA) is 23.8 Å². The summed E-state index contributed by atoms with van der Waals surface area (Å²) < 4.78 is 0. The van der Waals surface area contributed by atoms with Gasteiger partial charge in [-0.1, -0.05) is 54.6 Å². The van der Waals surface area contributed by atoms with Gasteiger partial charge in [-0.05, 0) is 36.0 Å². The Morgan fingerprint density at radius 2 is 1.61 bits per heavy atom. The molecule has 0 aliphatic rings. The Hall–Kier alpha value is -2.07. The van der Waals surface area contributed by atoms with Gasteiger partial charge in [0, 0.05) is 6.42 Å². The molecule has 0 amide bonds. The number of unbranched alkanes of at least 4 members (excludes halogenated alkanes) is 2. The molecule has 0 aliphatic carbocycles. The van der Waals surface area contributed by atoms with E-state index in [1.807, 2.05) is 6.07 Å². The van der Waals surface area contributed by atoms with Crippen molar-refractivity contribution in [1.82, 2.24) is 0 Å². The number of rotatable bonds is 5. The van der Waals surface area contributed by atoms with Gasteiger partial charge in [0.15, 0.2) is 0 Å². The van der Waals surface area contributed by atoms with Crippen LogP contribution in [-0.2, 0) is 6.42 Å². The summed E-state index contributed by atoms with van der Waals surface area (Å²) >= 11 is 0. The molecule has 0 heterocycles. The monoisotopic (exact) mass is 235 g/mol. The maximum absolute atomic E-state index is 8.51. The molecule has 0 spiro atoms. The maximum Gasteiger partial charge on any atom is 0.0621 e. The minimum atomic E-state index is 0.665. The molecule has 2 aromatic carbocycles. The Morgan fingerprint density at radius 3 is 2.39 bits per heavy atom. The Bertz CT molecular complexity index is 523. The first-order valence-electron chi connectivity index (χ1n) is 6.41. The fraction of sp³-hybridized carbons (Fsp3) is 0.235. The maximum atomic E-state index is 8.51. The highest BCUT2D eigenvalue weighted by molar-refractivity contribution is 5.63. The van der Waals surface area contributed by atoms with E-state index in [4.69, 9.17) is 5.26 Å². The van der Waals surface area contributed by atoms with Crippen molar-refractivity contribution in [2.24, 2.45) is 0 Å². The molecule has 2 rings (SSSR count). The molecule has 1 heteroatoms. The van der Waals surface area contributed by atoms with E-state index in [0.717, 1.165) is 19.3 Å². The van der Waals surface area contributed by atoms with Gasteiger partial charge in [0.2, 0.25) is 0 Å². The van der Waals surface area contributed by atoms with E-state index in [1.165, 1.54) is 16.7 Å². The van der Waals surface area contributed by atoms with Gasteiger partial charge < -0.3 is 0 Å². The fourth-order valence-electron chi connectivity index (χ4n) is 2.07. The predicted octanol–water partition coefficient (Wildman–Crippen LogP) is 4.59. The summed E-state index contributed by atoms with van der Waals surface area (Å²) in [6, 6.07) is 21.3. The van der Waals surface area contributed by atoms with Crippen molar-refractivity contribution in [2.75, 3.05) is 0 Å². The second-order valence-corrected chi connectivity index (χ2v) is 4.43. The lowest BCUT2D eigenvalue weighted by molar-refractivity contribution is 0.753. The van der Waals surface area contributed by atoms with Crippen molar-refractivity contribution >= 4 is 0 Å². The van der Waals surface area contributed by atoms with Crippen LogP contribution in [0.25, 0.3) is 11.1 Å². The first-order valence-corrected chi connectivity index (χ1v) is 6.41. The minimum absolute atomic E-state index is 0.665. The molecule has 0 aliphatic heterocycles. The van der Waals surface area contributed by atoms with Crippen LogP contribution in [0.15, 0.2) is 54.6 Å². The summed E-state index contributed by atoms with van der Waals surface area (Å²) in [6.45, 7) is 0. The van der Waals surface area contributed by atoms with Gasteiger partial charge in [-0.25, -0.2) is 0 Å². The van der Waals surface area contributed by atoms with Crippen LogP contribution < -0.4 is 0 Å². The van der Waals surface area contributed by atoms with Crippen molar-refractivity contribution in [1.29, 1.82) is 5.26 Å². The lowest BCUT2D eigenvalue weighted by atomic mass is 10.0. The van der Waals surface area contributed by atoms with Crippen LogP contribution in [0.1, 0.15) is 24.8 Å². The number of aryl methyl sites for hydroxylation is 1. The van der Waals surface area contributed by atoms with Crippen molar-refractivity contribution in [3.8, 4) is 17.2 Å². The Kier molecular flexibility index (Phi) is 4.55. The van der Waals surface area contributed by atoms with E-state index >= 15 is 0 Å². The number of benzene rings is 2. The lowest BCUT2D eigenvalue weighted by Crippen LogP contribution is -1.86. The summed E-state index contributed by atoms with van der Waals surface area (Å²) in [6.07, 6.45) is 3.80. The molecule has 0 saturated carbocycles. The van der Waals surface area contributed by atoms with Gasteiger partial charge in [-0.2, -0.15) is 5.26 Å². The molecule has 2 aromatic rings. The van der Waals surface area contributed by atoms with Gasteiger partial charge in [0.05, 0.1) is 6.07 Å². The highest BCUT2D eigenvalue weighted by Crippen LogP contribution is 2.20. The third-order valence-electron chi connectivity index (χ3n) is 3.04. The van der Waals surface area contributed by atoms with E-state index in [1.54, 1.807) is 0 Å². The van der Waals surface area contributed by atoms with E-state index in [0.29, 0.717) is 6.42 Å². The molecule has 18 heavy (non-hydrogen) atoms. The van der Waals surface area contributed by atoms with Gasteiger partial charge in [0.1, 0.15) is 0 Å². The van der Waals surface area contributed by atoms with Crippen LogP contribution in [0.2, 0.25) is 0 Å². The number of nitrogens with zero attached hydrogens (tertiary/aromatic N) is 1. The normalized spacial score (nSPS) is 9.94. The largest absolute Gasteiger partial charge is 0.198 e. The zero-order valence-corrected chi connectivity index (χ0v) is 10.5. The molecular formula is C17H17N. The van der Waals surface area contributed by atoms with E-state index in [2.05, 4.69) is 54.6 Å². The average Bonchev–Trinajstić information content (AvgIpc) is 2.45. The smallest absolute Gasteiger partial charge is 0.0621 e. The average molecular weight is 235 g/mol. The van der Waals surface area contributed by atoms with Crippen LogP contribution in [0, 0.1) is 11.3 Å². The van der Waals surface area contributed by atoms with E-state index in [-0.39, 0.29) is 0 Å². The molecule has 1 nitrogen and oxygen atoms in total. The third-order valence-corrected chi connectivity index (χ3v) is 3.04. The van der Waals surface area contributed by atoms with Crippen LogP contribution in [0.3, 0.4) is 0 Å².